The third-order valence-corrected chi connectivity index (χ3v) is 10.3. The lowest BCUT2D eigenvalue weighted by atomic mass is 10.1. The highest BCUT2D eigenvalue weighted by Crippen LogP contribution is 2.27. The molecule has 0 radical (unpaired) electrons. The number of nitrogens with zero attached hydrogens (tertiary/aromatic N) is 9. The van der Waals surface area contributed by atoms with E-state index in [4.69, 9.17) is 17.3 Å². The van der Waals surface area contributed by atoms with E-state index in [9.17, 15) is 24.8 Å². The molecule has 0 unspecified atom stereocenters. The van der Waals surface area contributed by atoms with Crippen molar-refractivity contribution in [2.45, 2.75) is 26.7 Å². The van der Waals surface area contributed by atoms with E-state index in [2.05, 4.69) is 31.4 Å². The second-order valence-corrected chi connectivity index (χ2v) is 13.3. The van der Waals surface area contributed by atoms with E-state index in [0.717, 1.165) is 23.3 Å². The van der Waals surface area contributed by atoms with Crippen molar-refractivity contribution in [3.63, 3.8) is 0 Å². The van der Waals surface area contributed by atoms with E-state index in [0.29, 0.717) is 88.1 Å². The normalized spacial score (nSPS) is 15.4. The maximum Gasteiger partial charge on any atom is 0.341 e. The Morgan fingerprint density at radius 2 is 1.60 bits per heavy atom. The van der Waals surface area contributed by atoms with Gasteiger partial charge in [-0.15, -0.1) is 5.10 Å². The van der Waals surface area contributed by atoms with Gasteiger partial charge >= 0.3 is 5.97 Å². The number of non-ortho nitro benzene ring substituents is 1. The number of pyridine rings is 1. The SMILES string of the molecule is CCn1cc(C(=O)O)c(=O)c2cc(F)c(N3CCN(Cn4nc(N5CCN(c6ccc([N+](=O)[O-])cc6)CC5)n(Cc5ccccc5)c4=S)CC3)cc21. The minimum atomic E-state index is -1.34. The van der Waals surface area contributed by atoms with Gasteiger partial charge in [0.1, 0.15) is 11.4 Å². The summed E-state index contributed by atoms with van der Waals surface area (Å²) < 4.78 is 21.7. The Hall–Kier alpha value is -5.61. The molecule has 14 nitrogen and oxygen atoms in total. The molecule has 0 saturated carbocycles. The molecular formula is C36H38FN9O5S. The van der Waals surface area contributed by atoms with Crippen LogP contribution in [0.25, 0.3) is 10.9 Å². The van der Waals surface area contributed by atoms with Crippen LogP contribution in [0.1, 0.15) is 22.8 Å². The van der Waals surface area contributed by atoms with Crippen LogP contribution >= 0.6 is 12.2 Å². The smallest absolute Gasteiger partial charge is 0.341 e. The predicted octanol–water partition coefficient (Wildman–Crippen LogP) is 4.65. The van der Waals surface area contributed by atoms with E-state index in [1.54, 1.807) is 22.8 Å². The Kier molecular flexibility index (Phi) is 9.75. The van der Waals surface area contributed by atoms with Crippen LogP contribution in [0.5, 0.6) is 0 Å². The van der Waals surface area contributed by atoms with Crippen LogP contribution in [-0.4, -0.2) is 92.2 Å². The minimum absolute atomic E-state index is 0.0469. The third kappa shape index (κ3) is 6.86. The maximum absolute atomic E-state index is 15.5. The Morgan fingerprint density at radius 3 is 2.23 bits per heavy atom. The summed E-state index contributed by atoms with van der Waals surface area (Å²) in [6.07, 6.45) is 1.32. The molecule has 5 aromatic rings. The van der Waals surface area contributed by atoms with Gasteiger partial charge in [0, 0.05) is 88.3 Å². The monoisotopic (exact) mass is 727 g/mol. The molecule has 2 aliphatic heterocycles. The molecule has 0 atom stereocenters. The molecule has 0 amide bonds. The number of halogens is 1. The summed E-state index contributed by atoms with van der Waals surface area (Å²) in [5.74, 6) is -1.13. The van der Waals surface area contributed by atoms with Crippen molar-refractivity contribution in [3.8, 4) is 0 Å². The molecule has 16 heteroatoms. The number of carboxylic acid groups (broad SMARTS) is 1. The lowest BCUT2D eigenvalue weighted by Crippen LogP contribution is -2.47. The van der Waals surface area contributed by atoms with Gasteiger partial charge in [-0.3, -0.25) is 24.4 Å². The van der Waals surface area contributed by atoms with Gasteiger partial charge in [0.15, 0.2) is 0 Å². The molecule has 2 fully saturated rings. The van der Waals surface area contributed by atoms with Gasteiger partial charge in [-0.1, -0.05) is 30.3 Å². The van der Waals surface area contributed by atoms with Gasteiger partial charge in [0.2, 0.25) is 16.1 Å². The number of rotatable bonds is 10. The van der Waals surface area contributed by atoms with Gasteiger partial charge in [-0.05, 0) is 49.0 Å². The van der Waals surface area contributed by atoms with Crippen LogP contribution in [0, 0.1) is 20.7 Å². The van der Waals surface area contributed by atoms with Gasteiger partial charge in [-0.2, -0.15) is 0 Å². The zero-order chi connectivity index (χ0) is 36.5. The molecule has 52 heavy (non-hydrogen) atoms. The van der Waals surface area contributed by atoms with Gasteiger partial charge in [0.05, 0.1) is 29.3 Å². The Morgan fingerprint density at radius 1 is 0.942 bits per heavy atom. The summed E-state index contributed by atoms with van der Waals surface area (Å²) >= 11 is 6.02. The Balaban J connectivity index is 1.08. The number of carbonyl (C=O) groups is 1. The summed E-state index contributed by atoms with van der Waals surface area (Å²) in [5.41, 5.74) is 1.89. The van der Waals surface area contributed by atoms with Crippen molar-refractivity contribution in [2.75, 3.05) is 67.1 Å². The fourth-order valence-corrected chi connectivity index (χ4v) is 7.23. The second kappa shape index (κ2) is 14.6. The molecular weight excluding hydrogens is 690 g/mol. The first-order valence-electron chi connectivity index (χ1n) is 17.1. The molecule has 7 rings (SSSR count). The summed E-state index contributed by atoms with van der Waals surface area (Å²) in [6, 6.07) is 19.5. The zero-order valence-corrected chi connectivity index (χ0v) is 29.4. The number of carboxylic acids is 1. The fourth-order valence-electron chi connectivity index (χ4n) is 6.99. The van der Waals surface area contributed by atoms with E-state index >= 15 is 4.39 Å². The molecule has 0 bridgehead atoms. The predicted molar refractivity (Wildman–Crippen MR) is 199 cm³/mol. The van der Waals surface area contributed by atoms with Crippen molar-refractivity contribution in [1.82, 2.24) is 23.8 Å². The molecule has 2 aromatic heterocycles. The highest BCUT2D eigenvalue weighted by molar-refractivity contribution is 7.71. The number of aromatic carboxylic acids is 1. The van der Waals surface area contributed by atoms with Crippen molar-refractivity contribution >= 4 is 52.1 Å². The number of hydrogen-bond donors (Lipinski definition) is 1. The third-order valence-electron chi connectivity index (χ3n) is 9.84. The number of nitro groups is 1. The lowest BCUT2D eigenvalue weighted by molar-refractivity contribution is -0.384. The Bertz CT molecular complexity index is 2240. The lowest BCUT2D eigenvalue weighted by Gasteiger charge is -2.36. The minimum Gasteiger partial charge on any atom is -0.477 e. The second-order valence-electron chi connectivity index (χ2n) is 12.9. The molecule has 270 valence electrons. The van der Waals surface area contributed by atoms with Crippen LogP contribution < -0.4 is 20.1 Å². The number of aryl methyl sites for hydroxylation is 1. The topological polar surface area (TPSA) is 138 Å². The molecule has 0 spiro atoms. The first-order chi connectivity index (χ1) is 25.1. The average Bonchev–Trinajstić information content (AvgIpc) is 3.46. The quantitative estimate of drug-likeness (QED) is 0.122. The van der Waals surface area contributed by atoms with Gasteiger partial charge in [0.25, 0.3) is 5.69 Å². The van der Waals surface area contributed by atoms with Gasteiger partial charge < -0.3 is 24.4 Å². The molecule has 4 heterocycles. The molecule has 3 aromatic carbocycles. The first-order valence-corrected chi connectivity index (χ1v) is 17.5. The molecule has 2 saturated heterocycles. The van der Waals surface area contributed by atoms with E-state index in [-0.39, 0.29) is 16.6 Å². The van der Waals surface area contributed by atoms with Crippen LogP contribution in [0.2, 0.25) is 0 Å². The summed E-state index contributed by atoms with van der Waals surface area (Å²) in [6.45, 7) is 8.38. The highest BCUT2D eigenvalue weighted by atomic mass is 32.1. The van der Waals surface area contributed by atoms with Crippen molar-refractivity contribution in [3.05, 3.63) is 115 Å². The van der Waals surface area contributed by atoms with Crippen LogP contribution in [-0.2, 0) is 19.8 Å². The molecule has 1 N–H and O–H groups in total. The largest absolute Gasteiger partial charge is 0.477 e. The van der Waals surface area contributed by atoms with E-state index in [1.165, 1.54) is 18.3 Å². The van der Waals surface area contributed by atoms with E-state index in [1.807, 2.05) is 34.7 Å². The number of fused-ring (bicyclic) bond motifs is 1. The first kappa shape index (κ1) is 34.8. The average molecular weight is 728 g/mol. The van der Waals surface area contributed by atoms with Crippen LogP contribution in [0.4, 0.5) is 27.4 Å². The zero-order valence-electron chi connectivity index (χ0n) is 28.6. The van der Waals surface area contributed by atoms with Crippen molar-refractivity contribution < 1.29 is 19.2 Å². The van der Waals surface area contributed by atoms with Crippen molar-refractivity contribution in [2.24, 2.45) is 0 Å². The summed E-state index contributed by atoms with van der Waals surface area (Å²) in [7, 11) is 0. The number of piperazine rings is 2. The summed E-state index contributed by atoms with van der Waals surface area (Å²) in [5, 5.41) is 25.7. The number of anilines is 3. The summed E-state index contributed by atoms with van der Waals surface area (Å²) in [4.78, 5) is 43.8. The molecule has 2 aliphatic rings. The number of aromatic nitrogens is 4. The van der Waals surface area contributed by atoms with Crippen LogP contribution in [0.3, 0.4) is 0 Å². The number of benzene rings is 3. The highest BCUT2D eigenvalue weighted by Gasteiger charge is 2.26. The van der Waals surface area contributed by atoms with Crippen LogP contribution in [0.15, 0.2) is 77.7 Å². The fraction of sp³-hybridized carbons (Fsp3) is 0.333. The number of nitro benzene ring substituents is 1. The standard InChI is InChI=1S/C36H38FN9O5S/c1-2-40-23-29(34(48)49)33(47)28-20-30(37)32(21-31(28)40)42-14-12-39(13-15-42)24-45-36(52)44(22-25-6-4-3-5-7-25)35(38-45)43-18-16-41(17-19-43)26-8-10-27(11-9-26)46(50)51/h3-11,20-21,23H,2,12-19,22,24H2,1H3,(H,48,49). The molecule has 0 aliphatic carbocycles. The van der Waals surface area contributed by atoms with E-state index < -0.39 is 22.1 Å². The Labute approximate surface area is 303 Å². The maximum atomic E-state index is 15.5. The van der Waals surface area contributed by atoms with Gasteiger partial charge in [-0.25, -0.2) is 13.9 Å². The van der Waals surface area contributed by atoms with Crippen molar-refractivity contribution in [1.29, 1.82) is 0 Å². The number of hydrogen-bond acceptors (Lipinski definition) is 10.